The summed E-state index contributed by atoms with van der Waals surface area (Å²) in [5.41, 5.74) is 3.60. The quantitative estimate of drug-likeness (QED) is 0.607. The summed E-state index contributed by atoms with van der Waals surface area (Å²) in [7, 11) is 1.59. The van der Waals surface area contributed by atoms with E-state index < -0.39 is 0 Å². The Morgan fingerprint density at radius 2 is 1.75 bits per heavy atom. The number of fused-ring (bicyclic) bond motifs is 1. The summed E-state index contributed by atoms with van der Waals surface area (Å²) in [6.07, 6.45) is -0.289. The first kappa shape index (κ1) is 18.4. The van der Waals surface area contributed by atoms with Crippen LogP contribution in [0.1, 0.15) is 40.6 Å². The minimum absolute atomic E-state index is 0.0176. The fourth-order valence-electron chi connectivity index (χ4n) is 3.69. The molecule has 0 saturated heterocycles. The number of hydrogen-bond acceptors (Lipinski definition) is 3. The number of carbonyl (C=O) groups excluding carboxylic acids is 1. The first-order valence-electron chi connectivity index (χ1n) is 9.16. The highest BCUT2D eigenvalue weighted by atomic mass is 35.5. The maximum Gasteiger partial charge on any atom is 0.256 e. The minimum Gasteiger partial charge on any atom is -0.495 e. The average molecular weight is 393 g/mol. The summed E-state index contributed by atoms with van der Waals surface area (Å²) in [5, 5.41) is 4.01. The predicted octanol–water partition coefficient (Wildman–Crippen LogP) is 5.68. The van der Waals surface area contributed by atoms with Gasteiger partial charge in [-0.05, 0) is 36.8 Å². The van der Waals surface area contributed by atoms with E-state index in [-0.39, 0.29) is 18.1 Å². The van der Waals surface area contributed by atoms with Gasteiger partial charge < -0.3 is 15.0 Å². The number of anilines is 1. The van der Waals surface area contributed by atoms with Crippen molar-refractivity contribution in [2.24, 2.45) is 0 Å². The Labute approximate surface area is 169 Å². The molecular weight excluding hydrogens is 372 g/mol. The molecule has 0 radical (unpaired) electrons. The standard InChI is InChI=1S/C23H21ClN2O2/c1-15(16-8-4-3-5-9-16)26-22(18-10-6-7-11-19(18)23(26)27)25-17-12-13-21(28-2)20(24)14-17/h3-15,22,25H,1-2H3/t15-,22+/m1/s1. The number of halogens is 1. The third-order valence-corrected chi connectivity index (χ3v) is 5.45. The molecule has 2 atom stereocenters. The van der Waals surface area contributed by atoms with Gasteiger partial charge in [0.15, 0.2) is 0 Å². The number of ether oxygens (including phenoxy) is 1. The van der Waals surface area contributed by atoms with E-state index in [1.807, 2.05) is 77.7 Å². The van der Waals surface area contributed by atoms with Gasteiger partial charge in [0.1, 0.15) is 11.9 Å². The second kappa shape index (κ2) is 7.56. The molecule has 4 rings (SSSR count). The van der Waals surface area contributed by atoms with Crippen molar-refractivity contribution in [1.29, 1.82) is 0 Å². The van der Waals surface area contributed by atoms with E-state index in [1.165, 1.54) is 0 Å². The molecule has 4 nitrogen and oxygen atoms in total. The van der Waals surface area contributed by atoms with Crippen LogP contribution in [0.15, 0.2) is 72.8 Å². The van der Waals surface area contributed by atoms with Crippen molar-refractivity contribution >= 4 is 23.2 Å². The minimum atomic E-state index is -0.289. The van der Waals surface area contributed by atoms with Crippen LogP contribution in [-0.2, 0) is 0 Å². The van der Waals surface area contributed by atoms with Crippen LogP contribution in [0.2, 0.25) is 5.02 Å². The second-order valence-corrected chi connectivity index (χ2v) is 7.19. The van der Waals surface area contributed by atoms with Crippen molar-refractivity contribution in [1.82, 2.24) is 4.90 Å². The van der Waals surface area contributed by atoms with Gasteiger partial charge in [-0.3, -0.25) is 4.79 Å². The number of rotatable bonds is 5. The molecule has 1 aliphatic rings. The van der Waals surface area contributed by atoms with Crippen molar-refractivity contribution < 1.29 is 9.53 Å². The lowest BCUT2D eigenvalue weighted by molar-refractivity contribution is 0.0667. The molecule has 0 unspecified atom stereocenters. The van der Waals surface area contributed by atoms with E-state index in [0.717, 1.165) is 22.4 Å². The number of amides is 1. The molecule has 0 fully saturated rings. The lowest BCUT2D eigenvalue weighted by Crippen LogP contribution is -2.34. The molecule has 3 aromatic carbocycles. The fraction of sp³-hybridized carbons (Fsp3) is 0.174. The van der Waals surface area contributed by atoms with Crippen LogP contribution in [0.4, 0.5) is 5.69 Å². The molecule has 0 aliphatic carbocycles. The molecule has 0 aromatic heterocycles. The molecular formula is C23H21ClN2O2. The number of nitrogens with zero attached hydrogens (tertiary/aromatic N) is 1. The molecule has 0 bridgehead atoms. The van der Waals surface area contributed by atoms with Gasteiger partial charge in [0.25, 0.3) is 5.91 Å². The number of hydrogen-bond donors (Lipinski definition) is 1. The summed E-state index contributed by atoms with van der Waals surface area (Å²) >= 11 is 6.29. The molecule has 0 saturated carbocycles. The molecule has 28 heavy (non-hydrogen) atoms. The number of methoxy groups -OCH3 is 1. The molecule has 1 amide bonds. The smallest absolute Gasteiger partial charge is 0.256 e. The van der Waals surface area contributed by atoms with Gasteiger partial charge >= 0.3 is 0 Å². The highest BCUT2D eigenvalue weighted by molar-refractivity contribution is 6.32. The van der Waals surface area contributed by atoms with E-state index in [2.05, 4.69) is 12.2 Å². The number of carbonyl (C=O) groups is 1. The lowest BCUT2D eigenvalue weighted by Gasteiger charge is -2.32. The summed E-state index contributed by atoms with van der Waals surface area (Å²) in [6.45, 7) is 2.05. The van der Waals surface area contributed by atoms with Crippen molar-refractivity contribution in [2.45, 2.75) is 19.1 Å². The van der Waals surface area contributed by atoms with Crippen LogP contribution in [0.5, 0.6) is 5.75 Å². The fourth-order valence-corrected chi connectivity index (χ4v) is 3.95. The van der Waals surface area contributed by atoms with Gasteiger partial charge in [-0.1, -0.05) is 60.1 Å². The zero-order chi connectivity index (χ0) is 19.7. The number of benzene rings is 3. The Kier molecular flexibility index (Phi) is 4.97. The molecule has 3 aromatic rings. The van der Waals surface area contributed by atoms with E-state index in [0.29, 0.717) is 10.8 Å². The van der Waals surface area contributed by atoms with E-state index >= 15 is 0 Å². The lowest BCUT2D eigenvalue weighted by atomic mass is 10.1. The Balaban J connectivity index is 1.72. The van der Waals surface area contributed by atoms with Crippen LogP contribution in [0, 0.1) is 0 Å². The third kappa shape index (κ3) is 3.20. The van der Waals surface area contributed by atoms with Crippen LogP contribution >= 0.6 is 11.6 Å². The first-order valence-corrected chi connectivity index (χ1v) is 9.54. The molecule has 1 N–H and O–H groups in total. The molecule has 142 valence electrons. The van der Waals surface area contributed by atoms with Crippen molar-refractivity contribution in [3.05, 3.63) is 94.5 Å². The molecule has 5 heteroatoms. The Morgan fingerprint density at radius 1 is 1.04 bits per heavy atom. The maximum absolute atomic E-state index is 13.2. The predicted molar refractivity (Wildman–Crippen MR) is 112 cm³/mol. The van der Waals surface area contributed by atoms with Gasteiger partial charge in [0.05, 0.1) is 18.2 Å². The van der Waals surface area contributed by atoms with E-state index in [4.69, 9.17) is 16.3 Å². The van der Waals surface area contributed by atoms with Crippen molar-refractivity contribution in [2.75, 3.05) is 12.4 Å². The summed E-state index contributed by atoms with van der Waals surface area (Å²) in [6, 6.07) is 23.2. The second-order valence-electron chi connectivity index (χ2n) is 6.78. The highest BCUT2D eigenvalue weighted by Crippen LogP contribution is 2.40. The summed E-state index contributed by atoms with van der Waals surface area (Å²) in [5.74, 6) is 0.633. The average Bonchev–Trinajstić information content (AvgIpc) is 3.00. The summed E-state index contributed by atoms with van der Waals surface area (Å²) < 4.78 is 5.24. The maximum atomic E-state index is 13.2. The van der Waals surface area contributed by atoms with Gasteiger partial charge in [-0.2, -0.15) is 0 Å². The molecule has 1 heterocycles. The number of nitrogens with one attached hydrogen (secondary N) is 1. The van der Waals surface area contributed by atoms with Crippen LogP contribution in [0.3, 0.4) is 0 Å². The first-order chi connectivity index (χ1) is 13.6. The molecule has 0 spiro atoms. The summed E-state index contributed by atoms with van der Waals surface area (Å²) in [4.78, 5) is 15.1. The topological polar surface area (TPSA) is 41.6 Å². The zero-order valence-corrected chi connectivity index (χ0v) is 16.5. The Morgan fingerprint density at radius 3 is 2.46 bits per heavy atom. The van der Waals surface area contributed by atoms with Crippen LogP contribution < -0.4 is 10.1 Å². The Hall–Kier alpha value is -2.98. The van der Waals surface area contributed by atoms with E-state index in [1.54, 1.807) is 7.11 Å². The van der Waals surface area contributed by atoms with Crippen molar-refractivity contribution in [3.63, 3.8) is 0 Å². The highest BCUT2D eigenvalue weighted by Gasteiger charge is 2.39. The van der Waals surface area contributed by atoms with Gasteiger partial charge in [-0.25, -0.2) is 0 Å². The van der Waals surface area contributed by atoms with Crippen molar-refractivity contribution in [3.8, 4) is 5.75 Å². The Bertz CT molecular complexity index is 1010. The largest absolute Gasteiger partial charge is 0.495 e. The SMILES string of the molecule is COc1ccc(N[C@@H]2c3ccccc3C(=O)N2[C@H](C)c2ccccc2)cc1Cl. The van der Waals surface area contributed by atoms with Crippen LogP contribution in [-0.4, -0.2) is 17.9 Å². The van der Waals surface area contributed by atoms with Gasteiger partial charge in [0.2, 0.25) is 0 Å². The van der Waals surface area contributed by atoms with Gasteiger partial charge in [0, 0.05) is 16.8 Å². The van der Waals surface area contributed by atoms with E-state index in [9.17, 15) is 4.79 Å². The monoisotopic (exact) mass is 392 g/mol. The molecule has 1 aliphatic heterocycles. The van der Waals surface area contributed by atoms with Crippen LogP contribution in [0.25, 0.3) is 0 Å². The zero-order valence-electron chi connectivity index (χ0n) is 15.7. The third-order valence-electron chi connectivity index (χ3n) is 5.15. The normalized spacial score (nSPS) is 16.6. The van der Waals surface area contributed by atoms with Gasteiger partial charge in [-0.15, -0.1) is 0 Å².